The van der Waals surface area contributed by atoms with Gasteiger partial charge in [0.25, 0.3) is 5.91 Å². The molecule has 11 heteroatoms. The van der Waals surface area contributed by atoms with Crippen molar-refractivity contribution in [2.45, 2.75) is 12.9 Å². The maximum absolute atomic E-state index is 12.6. The van der Waals surface area contributed by atoms with Gasteiger partial charge in [-0.2, -0.15) is 5.10 Å². The van der Waals surface area contributed by atoms with E-state index in [0.717, 1.165) is 16.3 Å². The largest absolute Gasteiger partial charge is 0.573 e. The lowest BCUT2D eigenvalue weighted by molar-refractivity contribution is -0.274. The van der Waals surface area contributed by atoms with Crippen LogP contribution in [0, 0.1) is 0 Å². The van der Waals surface area contributed by atoms with Gasteiger partial charge in [0.1, 0.15) is 23.9 Å². The molecule has 1 amide bonds. The summed E-state index contributed by atoms with van der Waals surface area (Å²) in [6.45, 7) is 0.823. The third-order valence-corrected chi connectivity index (χ3v) is 5.85. The molecule has 4 aromatic rings. The van der Waals surface area contributed by atoms with Crippen LogP contribution in [0.3, 0.4) is 0 Å². The Balaban J connectivity index is 1.35. The van der Waals surface area contributed by atoms with E-state index < -0.39 is 12.3 Å². The molecule has 0 radical (unpaired) electrons. The van der Waals surface area contributed by atoms with E-state index in [0.29, 0.717) is 17.9 Å². The monoisotopic (exact) mass is 557 g/mol. The standard InChI is InChI=1S/C28H23ClF3N3O4/c29-23-15-18(9-11-24(23)36)27(37)35-34-17-19-10-12-26(22-7-3-2-6-21(19)22)38-14-13-33-16-20-5-1-4-8-25(20)39-28(30,31)32/h1-12,15,17,33,36H,13-14,16H2,(H,35,37)/b34-17+. The molecule has 0 aliphatic carbocycles. The first kappa shape index (κ1) is 27.7. The molecule has 0 atom stereocenters. The van der Waals surface area contributed by atoms with E-state index in [-0.39, 0.29) is 35.2 Å². The van der Waals surface area contributed by atoms with E-state index in [2.05, 4.69) is 20.6 Å². The third kappa shape index (κ3) is 7.62. The second kappa shape index (κ2) is 12.5. The Morgan fingerprint density at radius 3 is 2.49 bits per heavy atom. The molecule has 0 aliphatic heterocycles. The predicted octanol–water partition coefficient (Wildman–Crippen LogP) is 6.03. The number of aromatic hydroxyl groups is 1. The van der Waals surface area contributed by atoms with Crippen molar-refractivity contribution in [2.75, 3.05) is 13.2 Å². The normalized spacial score (nSPS) is 11.6. The Kier molecular flexibility index (Phi) is 8.90. The Morgan fingerprint density at radius 1 is 0.974 bits per heavy atom. The maximum Gasteiger partial charge on any atom is 0.573 e. The zero-order valence-electron chi connectivity index (χ0n) is 20.3. The van der Waals surface area contributed by atoms with Crippen LogP contribution >= 0.6 is 11.6 Å². The highest BCUT2D eigenvalue weighted by Gasteiger charge is 2.31. The first-order valence-electron chi connectivity index (χ1n) is 11.7. The van der Waals surface area contributed by atoms with Crippen molar-refractivity contribution in [2.24, 2.45) is 5.10 Å². The second-order valence-corrected chi connectivity index (χ2v) is 8.65. The number of nitrogens with one attached hydrogen (secondary N) is 2. The number of phenols is 1. The van der Waals surface area contributed by atoms with E-state index in [4.69, 9.17) is 16.3 Å². The summed E-state index contributed by atoms with van der Waals surface area (Å²) < 4.78 is 47.8. The highest BCUT2D eigenvalue weighted by Crippen LogP contribution is 2.29. The van der Waals surface area contributed by atoms with Gasteiger partial charge >= 0.3 is 6.36 Å². The van der Waals surface area contributed by atoms with Gasteiger partial charge in [-0.25, -0.2) is 5.43 Å². The van der Waals surface area contributed by atoms with Crippen LogP contribution in [0.1, 0.15) is 21.5 Å². The van der Waals surface area contributed by atoms with Crippen LogP contribution in [-0.2, 0) is 6.54 Å². The molecule has 202 valence electrons. The molecule has 39 heavy (non-hydrogen) atoms. The summed E-state index contributed by atoms with van der Waals surface area (Å²) in [6, 6.07) is 21.1. The van der Waals surface area contributed by atoms with Crippen LogP contribution < -0.4 is 20.2 Å². The maximum atomic E-state index is 12.6. The number of hydrazone groups is 1. The number of nitrogens with zero attached hydrogens (tertiary/aromatic N) is 1. The van der Waals surface area contributed by atoms with E-state index in [9.17, 15) is 23.1 Å². The van der Waals surface area contributed by atoms with Gasteiger partial charge in [-0.3, -0.25) is 4.79 Å². The number of benzene rings is 4. The van der Waals surface area contributed by atoms with Gasteiger partial charge in [-0.05, 0) is 41.8 Å². The number of fused-ring (bicyclic) bond motifs is 1. The Bertz CT molecular complexity index is 1490. The van der Waals surface area contributed by atoms with Crippen molar-refractivity contribution >= 4 is 34.5 Å². The number of carbonyl (C=O) groups excluding carboxylic acids is 1. The first-order chi connectivity index (χ1) is 18.7. The lowest BCUT2D eigenvalue weighted by Gasteiger charge is -2.14. The molecular formula is C28H23ClF3N3O4. The zero-order chi connectivity index (χ0) is 27.8. The molecule has 0 fully saturated rings. The van der Waals surface area contributed by atoms with E-state index >= 15 is 0 Å². The molecule has 0 heterocycles. The summed E-state index contributed by atoms with van der Waals surface area (Å²) in [5.74, 6) is -0.238. The summed E-state index contributed by atoms with van der Waals surface area (Å²) >= 11 is 5.85. The average molecular weight is 558 g/mol. The minimum absolute atomic E-state index is 0.0590. The van der Waals surface area contributed by atoms with Crippen LogP contribution in [0.2, 0.25) is 5.02 Å². The summed E-state index contributed by atoms with van der Waals surface area (Å²) in [7, 11) is 0. The van der Waals surface area contributed by atoms with Crippen molar-refractivity contribution in [1.29, 1.82) is 0 Å². The van der Waals surface area contributed by atoms with Gasteiger partial charge < -0.3 is 19.9 Å². The van der Waals surface area contributed by atoms with Crippen molar-refractivity contribution in [3.63, 3.8) is 0 Å². The highest BCUT2D eigenvalue weighted by atomic mass is 35.5. The van der Waals surface area contributed by atoms with Gasteiger partial charge in [0.2, 0.25) is 0 Å². The molecule has 0 unspecified atom stereocenters. The number of hydrogen-bond acceptors (Lipinski definition) is 6. The fourth-order valence-electron chi connectivity index (χ4n) is 3.74. The zero-order valence-corrected chi connectivity index (χ0v) is 21.1. The van der Waals surface area contributed by atoms with Crippen LogP contribution in [0.25, 0.3) is 10.8 Å². The molecule has 4 rings (SSSR count). The van der Waals surface area contributed by atoms with Gasteiger partial charge in [-0.1, -0.05) is 54.1 Å². The van der Waals surface area contributed by atoms with Crippen molar-refractivity contribution in [3.05, 3.63) is 101 Å². The second-order valence-electron chi connectivity index (χ2n) is 8.24. The van der Waals surface area contributed by atoms with E-state index in [1.165, 1.54) is 36.5 Å². The molecule has 4 aromatic carbocycles. The lowest BCUT2D eigenvalue weighted by atomic mass is 10.0. The fourth-order valence-corrected chi connectivity index (χ4v) is 3.92. The minimum atomic E-state index is -4.76. The SMILES string of the molecule is O=C(N/N=C/c1ccc(OCCNCc2ccccc2OC(F)(F)F)c2ccccc12)c1ccc(O)c(Cl)c1. The molecule has 7 nitrogen and oxygen atoms in total. The fraction of sp³-hybridized carbons (Fsp3) is 0.143. The number of para-hydroxylation sites is 1. The van der Waals surface area contributed by atoms with Crippen LogP contribution in [0.5, 0.6) is 17.2 Å². The number of phenolic OH excluding ortho intramolecular Hbond substituents is 1. The Labute approximate surface area is 226 Å². The minimum Gasteiger partial charge on any atom is -0.506 e. The van der Waals surface area contributed by atoms with Gasteiger partial charge in [0.15, 0.2) is 0 Å². The third-order valence-electron chi connectivity index (χ3n) is 5.55. The number of hydrogen-bond donors (Lipinski definition) is 3. The quantitative estimate of drug-likeness (QED) is 0.126. The van der Waals surface area contributed by atoms with E-state index in [1.54, 1.807) is 24.3 Å². The smallest absolute Gasteiger partial charge is 0.506 e. The molecule has 0 spiro atoms. The van der Waals surface area contributed by atoms with Crippen molar-refractivity contribution in [1.82, 2.24) is 10.7 Å². The first-order valence-corrected chi connectivity index (χ1v) is 12.1. The van der Waals surface area contributed by atoms with Crippen molar-refractivity contribution < 1.29 is 32.5 Å². The topological polar surface area (TPSA) is 92.2 Å². The lowest BCUT2D eigenvalue weighted by Crippen LogP contribution is -2.22. The number of halogens is 4. The summed E-state index contributed by atoms with van der Waals surface area (Å²) in [4.78, 5) is 12.3. The summed E-state index contributed by atoms with van der Waals surface area (Å²) in [5.41, 5.74) is 3.79. The molecule has 0 bridgehead atoms. The number of rotatable bonds is 10. The number of amides is 1. The average Bonchev–Trinajstić information content (AvgIpc) is 2.91. The molecule has 0 aliphatic rings. The van der Waals surface area contributed by atoms with Gasteiger partial charge in [-0.15, -0.1) is 13.2 Å². The Morgan fingerprint density at radius 2 is 1.72 bits per heavy atom. The van der Waals surface area contributed by atoms with E-state index in [1.807, 2.05) is 24.3 Å². The highest BCUT2D eigenvalue weighted by molar-refractivity contribution is 6.32. The molecule has 0 saturated heterocycles. The van der Waals surface area contributed by atoms with Gasteiger partial charge in [0.05, 0.1) is 11.2 Å². The molecule has 0 saturated carbocycles. The molecule has 0 aromatic heterocycles. The van der Waals surface area contributed by atoms with Gasteiger partial charge in [0, 0.05) is 35.2 Å². The molecular weight excluding hydrogens is 535 g/mol. The van der Waals surface area contributed by atoms with Crippen LogP contribution in [0.15, 0.2) is 84.0 Å². The number of carbonyl (C=O) groups is 1. The van der Waals surface area contributed by atoms with Crippen LogP contribution in [0.4, 0.5) is 13.2 Å². The van der Waals surface area contributed by atoms with Crippen LogP contribution in [-0.4, -0.2) is 36.7 Å². The summed E-state index contributed by atoms with van der Waals surface area (Å²) in [6.07, 6.45) is -3.25. The predicted molar refractivity (Wildman–Crippen MR) is 142 cm³/mol. The number of ether oxygens (including phenoxy) is 2. The summed E-state index contributed by atoms with van der Waals surface area (Å²) in [5, 5.41) is 18.3. The Hall–Kier alpha value is -4.28. The van der Waals surface area contributed by atoms with Crippen molar-refractivity contribution in [3.8, 4) is 17.2 Å². The number of alkyl halides is 3. The molecule has 3 N–H and O–H groups in total.